The molecule has 1 aliphatic heterocycles. The first-order valence-corrected chi connectivity index (χ1v) is 10.6. The van der Waals surface area contributed by atoms with Crippen molar-refractivity contribution in [1.82, 2.24) is 10.5 Å². The molecule has 1 fully saturated rings. The lowest BCUT2D eigenvalue weighted by atomic mass is 9.99. The van der Waals surface area contributed by atoms with Gasteiger partial charge >= 0.3 is 6.09 Å². The molecule has 2 aromatic carbocycles. The van der Waals surface area contributed by atoms with E-state index >= 15 is 0 Å². The fourth-order valence-corrected chi connectivity index (χ4v) is 4.33. The molecule has 0 spiro atoms. The second kappa shape index (κ2) is 8.11. The first-order valence-electron chi connectivity index (χ1n) is 10.6. The lowest BCUT2D eigenvalue weighted by Gasteiger charge is -2.15. The largest absolute Gasteiger partial charge is 0.442 e. The van der Waals surface area contributed by atoms with Gasteiger partial charge in [0.1, 0.15) is 17.6 Å². The van der Waals surface area contributed by atoms with E-state index in [-0.39, 0.29) is 18.3 Å². The third-order valence-electron chi connectivity index (χ3n) is 5.86. The van der Waals surface area contributed by atoms with Crippen LogP contribution in [0.2, 0.25) is 0 Å². The van der Waals surface area contributed by atoms with Gasteiger partial charge in [0, 0.05) is 29.3 Å². The van der Waals surface area contributed by atoms with E-state index in [0.29, 0.717) is 29.2 Å². The summed E-state index contributed by atoms with van der Waals surface area (Å²) in [5.41, 5.74) is 4.95. The van der Waals surface area contributed by atoms with Gasteiger partial charge in [-0.15, -0.1) is 0 Å². The Hall–Kier alpha value is -3.68. The number of ether oxygens (including phenoxy) is 1. The van der Waals surface area contributed by atoms with E-state index in [4.69, 9.17) is 9.26 Å². The van der Waals surface area contributed by atoms with Crippen molar-refractivity contribution in [2.75, 3.05) is 18.0 Å². The van der Waals surface area contributed by atoms with Crippen LogP contribution in [0, 0.1) is 5.82 Å². The van der Waals surface area contributed by atoms with Gasteiger partial charge in [-0.05, 0) is 49.1 Å². The Morgan fingerprint density at radius 3 is 2.94 bits per heavy atom. The summed E-state index contributed by atoms with van der Waals surface area (Å²) in [4.78, 5) is 25.2. The van der Waals surface area contributed by atoms with Crippen LogP contribution in [0.3, 0.4) is 0 Å². The zero-order valence-corrected chi connectivity index (χ0v) is 17.6. The van der Waals surface area contributed by atoms with Gasteiger partial charge in [0.05, 0.1) is 13.1 Å². The predicted octanol–water partition coefficient (Wildman–Crippen LogP) is 4.10. The summed E-state index contributed by atoms with van der Waals surface area (Å²) in [6.07, 6.45) is 1.67. The molecular weight excluding hydrogens is 413 g/mol. The van der Waals surface area contributed by atoms with E-state index in [1.54, 1.807) is 11.0 Å². The molecule has 0 saturated carbocycles. The van der Waals surface area contributed by atoms with Crippen molar-refractivity contribution in [1.29, 1.82) is 0 Å². The number of anilines is 1. The summed E-state index contributed by atoms with van der Waals surface area (Å²) in [5, 5.41) is 6.94. The highest BCUT2D eigenvalue weighted by Crippen LogP contribution is 2.40. The Balaban J connectivity index is 1.48. The molecule has 1 aliphatic carbocycles. The minimum absolute atomic E-state index is 0.170. The Kier molecular flexibility index (Phi) is 5.13. The van der Waals surface area contributed by atoms with E-state index in [1.807, 2.05) is 24.3 Å². The quantitative estimate of drug-likeness (QED) is 0.667. The van der Waals surface area contributed by atoms with Crippen LogP contribution in [-0.2, 0) is 22.4 Å². The third-order valence-corrected chi connectivity index (χ3v) is 5.86. The van der Waals surface area contributed by atoms with Crippen LogP contribution in [0.4, 0.5) is 14.9 Å². The van der Waals surface area contributed by atoms with Crippen molar-refractivity contribution in [2.45, 2.75) is 32.3 Å². The number of hydrogen-bond donors (Lipinski definition) is 1. The average molecular weight is 435 g/mol. The highest BCUT2D eigenvalue weighted by Gasteiger charge is 2.33. The van der Waals surface area contributed by atoms with Crippen LogP contribution >= 0.6 is 0 Å². The molecule has 1 unspecified atom stereocenters. The highest BCUT2D eigenvalue weighted by molar-refractivity contribution is 5.91. The van der Waals surface area contributed by atoms with Gasteiger partial charge in [0.25, 0.3) is 0 Å². The van der Waals surface area contributed by atoms with Gasteiger partial charge < -0.3 is 14.6 Å². The summed E-state index contributed by atoms with van der Waals surface area (Å²) in [6.45, 7) is 2.04. The zero-order valence-electron chi connectivity index (χ0n) is 17.6. The first kappa shape index (κ1) is 20.2. The molecule has 8 heteroatoms. The Morgan fingerprint density at radius 1 is 1.25 bits per heavy atom. The highest BCUT2D eigenvalue weighted by atomic mass is 19.1. The van der Waals surface area contributed by atoms with Crippen LogP contribution < -0.4 is 10.2 Å². The fraction of sp³-hybridized carbons (Fsp3) is 0.292. The number of nitrogens with zero attached hydrogens (tertiary/aromatic N) is 2. The molecule has 7 nitrogen and oxygen atoms in total. The molecule has 164 valence electrons. The maximum absolute atomic E-state index is 13.8. The second-order valence-electron chi connectivity index (χ2n) is 8.10. The lowest BCUT2D eigenvalue weighted by Crippen LogP contribution is -2.33. The predicted molar refractivity (Wildman–Crippen MR) is 116 cm³/mol. The summed E-state index contributed by atoms with van der Waals surface area (Å²) >= 11 is 0. The van der Waals surface area contributed by atoms with Gasteiger partial charge in [-0.3, -0.25) is 9.69 Å². The maximum Gasteiger partial charge on any atom is 0.414 e. The molecule has 1 N–H and O–H groups in total. The number of hydrogen-bond acceptors (Lipinski definition) is 5. The number of cyclic esters (lactones) is 1. The van der Waals surface area contributed by atoms with Crippen molar-refractivity contribution < 1.29 is 23.2 Å². The Bertz CT molecular complexity index is 1210. The number of rotatable bonds is 4. The number of amides is 2. The van der Waals surface area contributed by atoms with Gasteiger partial charge in [-0.1, -0.05) is 23.4 Å². The molecule has 3 aromatic rings. The third kappa shape index (κ3) is 3.72. The monoisotopic (exact) mass is 435 g/mol. The molecule has 0 radical (unpaired) electrons. The number of carbonyl (C=O) groups is 2. The van der Waals surface area contributed by atoms with Crippen LogP contribution in [0.1, 0.15) is 24.5 Å². The van der Waals surface area contributed by atoms with Crippen molar-refractivity contribution in [3.05, 3.63) is 59.4 Å². The van der Waals surface area contributed by atoms with Gasteiger partial charge in [0.15, 0.2) is 5.76 Å². The van der Waals surface area contributed by atoms with Crippen LogP contribution in [-0.4, -0.2) is 36.4 Å². The molecule has 1 atom stereocenters. The molecule has 1 aromatic heterocycles. The van der Waals surface area contributed by atoms with Gasteiger partial charge in [-0.2, -0.15) is 0 Å². The van der Waals surface area contributed by atoms with E-state index in [2.05, 4.69) is 10.5 Å². The molecule has 2 heterocycles. The topological polar surface area (TPSA) is 84.7 Å². The summed E-state index contributed by atoms with van der Waals surface area (Å²) in [7, 11) is 0. The van der Waals surface area contributed by atoms with E-state index < -0.39 is 12.2 Å². The molecule has 1 saturated heterocycles. The SMILES string of the molecule is CC(=O)NCC1CN(c2ccc3c(c2)-c2onc(-c4cccc(F)c4)c2CCC3)C(=O)O1. The van der Waals surface area contributed by atoms with Crippen LogP contribution in [0.15, 0.2) is 47.0 Å². The standard InChI is InChI=1S/C24H22FN3O4/c1-14(29)26-12-19-13-28(24(30)31-19)18-9-8-15-4-3-7-20-22(16-5-2-6-17(25)10-16)27-32-23(20)21(15)11-18/h2,5-6,8-11,19H,3-4,7,12-13H2,1H3,(H,26,29). The fourth-order valence-electron chi connectivity index (χ4n) is 4.33. The minimum atomic E-state index is -0.452. The summed E-state index contributed by atoms with van der Waals surface area (Å²) in [5.74, 6) is 0.161. The van der Waals surface area contributed by atoms with Crippen molar-refractivity contribution in [3.63, 3.8) is 0 Å². The van der Waals surface area contributed by atoms with Gasteiger partial charge in [0.2, 0.25) is 5.91 Å². The molecule has 5 rings (SSSR count). The molecular formula is C24H22FN3O4. The number of aryl methyl sites for hydroxylation is 1. The van der Waals surface area contributed by atoms with E-state index in [9.17, 15) is 14.0 Å². The number of halogens is 1. The average Bonchev–Trinajstić information content (AvgIpc) is 3.31. The van der Waals surface area contributed by atoms with Crippen molar-refractivity contribution in [2.24, 2.45) is 0 Å². The summed E-state index contributed by atoms with van der Waals surface area (Å²) < 4.78 is 24.9. The van der Waals surface area contributed by atoms with Crippen molar-refractivity contribution >= 4 is 17.7 Å². The van der Waals surface area contributed by atoms with Crippen LogP contribution in [0.5, 0.6) is 0 Å². The van der Waals surface area contributed by atoms with E-state index in [0.717, 1.165) is 36.0 Å². The number of benzene rings is 2. The molecule has 2 amide bonds. The van der Waals surface area contributed by atoms with E-state index in [1.165, 1.54) is 19.1 Å². The lowest BCUT2D eigenvalue weighted by molar-refractivity contribution is -0.119. The smallest absolute Gasteiger partial charge is 0.414 e. The molecule has 2 aliphatic rings. The number of nitrogens with one attached hydrogen (secondary N) is 1. The maximum atomic E-state index is 13.8. The Labute approximate surface area is 184 Å². The number of aromatic nitrogens is 1. The second-order valence-corrected chi connectivity index (χ2v) is 8.10. The molecule has 0 bridgehead atoms. The number of carbonyl (C=O) groups excluding carboxylic acids is 2. The normalized spacial score (nSPS) is 17.4. The van der Waals surface area contributed by atoms with Gasteiger partial charge in [-0.25, -0.2) is 9.18 Å². The molecule has 32 heavy (non-hydrogen) atoms. The summed E-state index contributed by atoms with van der Waals surface area (Å²) in [6, 6.07) is 12.1. The number of fused-ring (bicyclic) bond motifs is 3. The van der Waals surface area contributed by atoms with Crippen LogP contribution in [0.25, 0.3) is 22.6 Å². The minimum Gasteiger partial charge on any atom is -0.442 e. The van der Waals surface area contributed by atoms with Crippen molar-refractivity contribution in [3.8, 4) is 22.6 Å². The Morgan fingerprint density at radius 2 is 2.12 bits per heavy atom. The first-order chi connectivity index (χ1) is 15.5. The zero-order chi connectivity index (χ0) is 22.2.